The summed E-state index contributed by atoms with van der Waals surface area (Å²) in [5.74, 6) is 0.132. The van der Waals surface area contributed by atoms with Gasteiger partial charge in [0.05, 0.1) is 29.8 Å². The van der Waals surface area contributed by atoms with Gasteiger partial charge in [-0.15, -0.1) is 22.7 Å². The summed E-state index contributed by atoms with van der Waals surface area (Å²) in [6.45, 7) is 1.43. The van der Waals surface area contributed by atoms with Gasteiger partial charge in [0.15, 0.2) is 0 Å². The molecule has 0 spiro atoms. The number of nitrogens with zero attached hydrogens (tertiary/aromatic N) is 1. The fourth-order valence-electron chi connectivity index (χ4n) is 2.35. The molecule has 2 aromatic heterocycles. The first-order chi connectivity index (χ1) is 12.5. The van der Waals surface area contributed by atoms with E-state index in [1.165, 1.54) is 25.4 Å². The normalized spacial score (nSPS) is 10.4. The molecule has 26 heavy (non-hydrogen) atoms. The summed E-state index contributed by atoms with van der Waals surface area (Å²) in [6, 6.07) is 9.05. The van der Waals surface area contributed by atoms with E-state index in [4.69, 9.17) is 4.74 Å². The van der Waals surface area contributed by atoms with E-state index in [2.05, 4.69) is 15.6 Å². The zero-order valence-corrected chi connectivity index (χ0v) is 15.9. The summed E-state index contributed by atoms with van der Waals surface area (Å²) in [4.78, 5) is 29.2. The van der Waals surface area contributed by atoms with Gasteiger partial charge in [0.1, 0.15) is 10.8 Å². The number of amides is 2. The van der Waals surface area contributed by atoms with Crippen molar-refractivity contribution in [1.82, 2.24) is 4.98 Å². The zero-order valence-electron chi connectivity index (χ0n) is 14.2. The molecule has 0 bridgehead atoms. The Bertz CT molecular complexity index is 920. The molecule has 2 amide bonds. The van der Waals surface area contributed by atoms with Crippen LogP contribution in [-0.4, -0.2) is 23.9 Å². The number of rotatable bonds is 6. The summed E-state index contributed by atoms with van der Waals surface area (Å²) in [5.41, 5.74) is 1.80. The van der Waals surface area contributed by atoms with Crippen molar-refractivity contribution in [3.63, 3.8) is 0 Å². The number of aromatic nitrogens is 1. The first-order valence-corrected chi connectivity index (χ1v) is 9.55. The summed E-state index contributed by atoms with van der Waals surface area (Å²) >= 11 is 3.14. The molecule has 0 saturated carbocycles. The largest absolute Gasteiger partial charge is 0.495 e. The van der Waals surface area contributed by atoms with Gasteiger partial charge in [-0.3, -0.25) is 9.59 Å². The molecule has 134 valence electrons. The van der Waals surface area contributed by atoms with Crippen LogP contribution in [0.2, 0.25) is 0 Å². The molecule has 0 aliphatic rings. The molecule has 0 saturated heterocycles. The van der Waals surface area contributed by atoms with Gasteiger partial charge in [-0.05, 0) is 29.6 Å². The highest BCUT2D eigenvalue weighted by atomic mass is 32.1. The molecule has 0 unspecified atom stereocenters. The third-order valence-corrected chi connectivity index (χ3v) is 5.35. The molecule has 0 atom stereocenters. The molecule has 0 radical (unpaired) electrons. The average Bonchev–Trinajstić information content (AvgIpc) is 3.25. The van der Waals surface area contributed by atoms with Crippen LogP contribution in [0.3, 0.4) is 0 Å². The van der Waals surface area contributed by atoms with Crippen molar-refractivity contribution in [2.24, 2.45) is 0 Å². The van der Waals surface area contributed by atoms with Gasteiger partial charge >= 0.3 is 0 Å². The second kappa shape index (κ2) is 8.11. The van der Waals surface area contributed by atoms with Crippen molar-refractivity contribution in [3.05, 3.63) is 46.8 Å². The minimum absolute atomic E-state index is 0.162. The highest BCUT2D eigenvalue weighted by Gasteiger charge is 2.13. The van der Waals surface area contributed by atoms with E-state index in [0.29, 0.717) is 22.8 Å². The highest BCUT2D eigenvalue weighted by molar-refractivity contribution is 7.20. The topological polar surface area (TPSA) is 80.3 Å². The number of carbonyl (C=O) groups is 2. The maximum absolute atomic E-state index is 12.4. The third kappa shape index (κ3) is 4.47. The molecule has 3 rings (SSSR count). The van der Waals surface area contributed by atoms with E-state index >= 15 is 0 Å². The van der Waals surface area contributed by atoms with Crippen molar-refractivity contribution in [2.45, 2.75) is 13.3 Å². The van der Waals surface area contributed by atoms with Crippen LogP contribution in [0.4, 0.5) is 11.4 Å². The fraction of sp³-hybridized carbons (Fsp3) is 0.167. The van der Waals surface area contributed by atoms with Crippen molar-refractivity contribution in [2.75, 3.05) is 17.7 Å². The molecular weight excluding hydrogens is 370 g/mol. The first-order valence-electron chi connectivity index (χ1n) is 7.79. The van der Waals surface area contributed by atoms with Gasteiger partial charge in [0.25, 0.3) is 0 Å². The smallest absolute Gasteiger partial charge is 0.230 e. The number of hydrogen-bond acceptors (Lipinski definition) is 6. The quantitative estimate of drug-likeness (QED) is 0.669. The lowest BCUT2D eigenvalue weighted by Crippen LogP contribution is -2.15. The molecule has 3 aromatic rings. The Hall–Kier alpha value is -2.71. The van der Waals surface area contributed by atoms with Crippen LogP contribution in [0.25, 0.3) is 9.88 Å². The standard InChI is InChI=1S/C18H17N3O3S2/c1-11(22)19-12-5-6-15(24-2)14(8-12)21-17(23)9-13-10-26-18(20-13)16-4-3-7-25-16/h3-8,10H,9H2,1-2H3,(H,19,22)(H,21,23). The Kier molecular flexibility index (Phi) is 5.65. The van der Waals surface area contributed by atoms with Gasteiger partial charge in [-0.25, -0.2) is 4.98 Å². The Labute approximate surface area is 158 Å². The van der Waals surface area contributed by atoms with E-state index in [-0.39, 0.29) is 18.2 Å². The van der Waals surface area contributed by atoms with Gasteiger partial charge in [-0.2, -0.15) is 0 Å². The second-order valence-electron chi connectivity index (χ2n) is 5.44. The Morgan fingerprint density at radius 1 is 1.19 bits per heavy atom. The molecule has 2 heterocycles. The van der Waals surface area contributed by atoms with E-state index in [1.807, 2.05) is 22.9 Å². The lowest BCUT2D eigenvalue weighted by molar-refractivity contribution is -0.116. The number of benzene rings is 1. The first kappa shape index (κ1) is 18.1. The second-order valence-corrected chi connectivity index (χ2v) is 7.25. The molecule has 6 nitrogen and oxygen atoms in total. The molecule has 8 heteroatoms. The maximum atomic E-state index is 12.4. The van der Waals surface area contributed by atoms with Gasteiger partial charge < -0.3 is 15.4 Å². The van der Waals surface area contributed by atoms with Crippen molar-refractivity contribution < 1.29 is 14.3 Å². The summed E-state index contributed by atoms with van der Waals surface area (Å²) in [6.07, 6.45) is 0.162. The molecule has 0 aliphatic heterocycles. The van der Waals surface area contributed by atoms with Crippen LogP contribution in [0.5, 0.6) is 5.75 Å². The number of ether oxygens (including phenoxy) is 1. The van der Waals surface area contributed by atoms with Crippen LogP contribution in [-0.2, 0) is 16.0 Å². The maximum Gasteiger partial charge on any atom is 0.230 e. The van der Waals surface area contributed by atoms with Crippen molar-refractivity contribution >= 4 is 45.9 Å². The van der Waals surface area contributed by atoms with Crippen molar-refractivity contribution in [3.8, 4) is 15.6 Å². The SMILES string of the molecule is COc1ccc(NC(C)=O)cc1NC(=O)Cc1csc(-c2cccs2)n1. The van der Waals surface area contributed by atoms with Crippen molar-refractivity contribution in [1.29, 1.82) is 0 Å². The Morgan fingerprint density at radius 3 is 2.73 bits per heavy atom. The number of hydrogen-bond donors (Lipinski definition) is 2. The monoisotopic (exact) mass is 387 g/mol. The fourth-order valence-corrected chi connectivity index (χ4v) is 3.98. The van der Waals surface area contributed by atoms with Crippen LogP contribution in [0.15, 0.2) is 41.1 Å². The number of methoxy groups -OCH3 is 1. The lowest BCUT2D eigenvalue weighted by Gasteiger charge is -2.12. The van der Waals surface area contributed by atoms with E-state index in [0.717, 1.165) is 9.88 Å². The third-order valence-electron chi connectivity index (χ3n) is 3.42. The van der Waals surface area contributed by atoms with E-state index < -0.39 is 0 Å². The number of thiazole rings is 1. The zero-order chi connectivity index (χ0) is 18.5. The Balaban J connectivity index is 1.70. The molecular formula is C18H17N3O3S2. The predicted octanol–water partition coefficient (Wildman–Crippen LogP) is 4.02. The summed E-state index contributed by atoms with van der Waals surface area (Å²) in [5, 5.41) is 10.3. The highest BCUT2D eigenvalue weighted by Crippen LogP contribution is 2.29. The molecule has 0 fully saturated rings. The summed E-state index contributed by atoms with van der Waals surface area (Å²) < 4.78 is 5.27. The van der Waals surface area contributed by atoms with Crippen LogP contribution in [0.1, 0.15) is 12.6 Å². The number of thiophene rings is 1. The number of anilines is 2. The van der Waals surface area contributed by atoms with Crippen LogP contribution in [0, 0.1) is 0 Å². The summed E-state index contributed by atoms with van der Waals surface area (Å²) in [7, 11) is 1.52. The van der Waals surface area contributed by atoms with Crippen LogP contribution < -0.4 is 15.4 Å². The minimum Gasteiger partial charge on any atom is -0.495 e. The van der Waals surface area contributed by atoms with Crippen LogP contribution >= 0.6 is 22.7 Å². The lowest BCUT2D eigenvalue weighted by atomic mass is 10.2. The number of carbonyl (C=O) groups excluding carboxylic acids is 2. The predicted molar refractivity (Wildman–Crippen MR) is 105 cm³/mol. The number of nitrogens with one attached hydrogen (secondary N) is 2. The van der Waals surface area contributed by atoms with Gasteiger partial charge in [0.2, 0.25) is 11.8 Å². The molecule has 2 N–H and O–H groups in total. The molecule has 1 aromatic carbocycles. The minimum atomic E-state index is -0.202. The van der Waals surface area contributed by atoms with Gasteiger partial charge in [-0.1, -0.05) is 6.07 Å². The van der Waals surface area contributed by atoms with Gasteiger partial charge in [0, 0.05) is 18.0 Å². The Morgan fingerprint density at radius 2 is 2.04 bits per heavy atom. The average molecular weight is 387 g/mol. The molecule has 0 aliphatic carbocycles. The van der Waals surface area contributed by atoms with E-state index in [9.17, 15) is 9.59 Å². The van der Waals surface area contributed by atoms with E-state index in [1.54, 1.807) is 29.5 Å².